The van der Waals surface area contributed by atoms with Crippen molar-refractivity contribution < 1.29 is 14.7 Å². The Bertz CT molecular complexity index is 701. The molecule has 0 radical (unpaired) electrons. The first-order valence-corrected chi connectivity index (χ1v) is 7.66. The minimum Gasteiger partial charge on any atom is -0.479 e. The van der Waals surface area contributed by atoms with Crippen LogP contribution in [0.15, 0.2) is 48.5 Å². The number of carboxylic acids is 1. The number of hydrogen-bond donors (Lipinski definition) is 2. The Kier molecular flexibility index (Phi) is 4.21. The molecule has 0 bridgehead atoms. The van der Waals surface area contributed by atoms with Crippen molar-refractivity contribution in [1.29, 1.82) is 0 Å². The molecule has 0 spiro atoms. The van der Waals surface area contributed by atoms with E-state index in [-0.39, 0.29) is 12.8 Å². The number of carbonyl (C=O) groups is 1. The van der Waals surface area contributed by atoms with E-state index >= 15 is 0 Å². The van der Waals surface area contributed by atoms with Crippen molar-refractivity contribution in [2.45, 2.75) is 25.9 Å². The van der Waals surface area contributed by atoms with E-state index in [1.54, 1.807) is 5.06 Å². The molecule has 3 rings (SSSR count). The van der Waals surface area contributed by atoms with Crippen molar-refractivity contribution in [3.8, 4) is 0 Å². The van der Waals surface area contributed by atoms with Gasteiger partial charge in [0.05, 0.1) is 11.4 Å². The zero-order valence-electron chi connectivity index (χ0n) is 13.2. The second-order valence-electron chi connectivity index (χ2n) is 5.85. The van der Waals surface area contributed by atoms with Crippen LogP contribution in [0.2, 0.25) is 0 Å². The molecule has 5 heteroatoms. The molecule has 0 saturated heterocycles. The molecule has 0 aliphatic carbocycles. The van der Waals surface area contributed by atoms with Crippen molar-refractivity contribution in [1.82, 2.24) is 0 Å². The average molecular weight is 312 g/mol. The third-order valence-electron chi connectivity index (χ3n) is 3.89. The normalized spacial score (nSPS) is 16.3. The molecule has 0 amide bonds. The molecule has 120 valence electrons. The van der Waals surface area contributed by atoms with Gasteiger partial charge in [-0.1, -0.05) is 56.3 Å². The van der Waals surface area contributed by atoms with Gasteiger partial charge in [0.15, 0.2) is 12.8 Å². The number of anilines is 2. The molecule has 23 heavy (non-hydrogen) atoms. The molecule has 1 unspecified atom stereocenters. The van der Waals surface area contributed by atoms with E-state index in [1.165, 1.54) is 5.56 Å². The van der Waals surface area contributed by atoms with Gasteiger partial charge in [-0.05, 0) is 23.1 Å². The van der Waals surface area contributed by atoms with Crippen molar-refractivity contribution in [3.63, 3.8) is 0 Å². The van der Waals surface area contributed by atoms with Crippen LogP contribution in [0.3, 0.4) is 0 Å². The van der Waals surface area contributed by atoms with Crippen LogP contribution in [-0.4, -0.2) is 17.7 Å². The summed E-state index contributed by atoms with van der Waals surface area (Å²) in [6, 6.07) is 15.9. The molecular weight excluding hydrogens is 292 g/mol. The second kappa shape index (κ2) is 6.30. The van der Waals surface area contributed by atoms with Crippen LogP contribution in [0.1, 0.15) is 37.1 Å². The number of nitrogens with zero attached hydrogens (tertiary/aromatic N) is 1. The van der Waals surface area contributed by atoms with Crippen LogP contribution in [-0.2, 0) is 9.63 Å². The maximum atomic E-state index is 10.9. The van der Waals surface area contributed by atoms with Crippen LogP contribution in [0.5, 0.6) is 0 Å². The van der Waals surface area contributed by atoms with E-state index in [0.717, 1.165) is 16.9 Å². The van der Waals surface area contributed by atoms with Gasteiger partial charge in [-0.3, -0.25) is 4.84 Å². The number of nitrogens with one attached hydrogen (secondary N) is 1. The minimum atomic E-state index is -0.995. The van der Waals surface area contributed by atoms with E-state index < -0.39 is 5.97 Å². The van der Waals surface area contributed by atoms with Gasteiger partial charge in [-0.25, -0.2) is 9.86 Å². The zero-order chi connectivity index (χ0) is 16.4. The lowest BCUT2D eigenvalue weighted by Crippen LogP contribution is -2.30. The summed E-state index contributed by atoms with van der Waals surface area (Å²) in [6.07, 6.45) is -0.245. The van der Waals surface area contributed by atoms with Gasteiger partial charge < -0.3 is 10.4 Å². The number of aliphatic carboxylic acids is 1. The second-order valence-corrected chi connectivity index (χ2v) is 5.85. The summed E-state index contributed by atoms with van der Waals surface area (Å²) in [7, 11) is 0. The Hall–Kier alpha value is -2.53. The quantitative estimate of drug-likeness (QED) is 0.880. The molecule has 2 aromatic carbocycles. The first-order chi connectivity index (χ1) is 11.1. The Labute approximate surface area is 135 Å². The van der Waals surface area contributed by atoms with Crippen molar-refractivity contribution >= 4 is 17.3 Å². The number of para-hydroxylation sites is 1. The van der Waals surface area contributed by atoms with Crippen LogP contribution in [0.4, 0.5) is 11.4 Å². The lowest BCUT2D eigenvalue weighted by Gasteiger charge is -2.25. The number of hydroxylamine groups is 1. The largest absolute Gasteiger partial charge is 0.479 e. The highest BCUT2D eigenvalue weighted by Gasteiger charge is 2.33. The summed E-state index contributed by atoms with van der Waals surface area (Å²) >= 11 is 0. The van der Waals surface area contributed by atoms with E-state index in [2.05, 4.69) is 25.2 Å². The standard InChI is InChI=1S/C18H20N2O3/c1-12(2)14-9-6-10-15-17(14)19-18(13-7-4-3-5-8-13)20(15)23-11-16(21)22/h3-10,12,18-19H,11H2,1-2H3,(H,21,22). The number of hydrogen-bond acceptors (Lipinski definition) is 4. The van der Waals surface area contributed by atoms with E-state index in [1.807, 2.05) is 42.5 Å². The topological polar surface area (TPSA) is 61.8 Å². The van der Waals surface area contributed by atoms with Crippen LogP contribution < -0.4 is 10.4 Å². The smallest absolute Gasteiger partial charge is 0.332 e. The Morgan fingerprint density at radius 1 is 1.22 bits per heavy atom. The fourth-order valence-electron chi connectivity index (χ4n) is 2.84. The fourth-order valence-corrected chi connectivity index (χ4v) is 2.84. The summed E-state index contributed by atoms with van der Waals surface area (Å²) in [5.41, 5.74) is 4.07. The van der Waals surface area contributed by atoms with Gasteiger partial charge in [0.2, 0.25) is 0 Å². The van der Waals surface area contributed by atoms with Gasteiger partial charge in [-0.15, -0.1) is 0 Å². The molecule has 0 aromatic heterocycles. The molecule has 5 nitrogen and oxygen atoms in total. The molecule has 0 saturated carbocycles. The van der Waals surface area contributed by atoms with Crippen LogP contribution in [0, 0.1) is 0 Å². The maximum absolute atomic E-state index is 10.9. The molecule has 2 aromatic rings. The first kappa shape index (κ1) is 15.4. The zero-order valence-corrected chi connectivity index (χ0v) is 13.2. The van der Waals surface area contributed by atoms with Gasteiger partial charge in [0.1, 0.15) is 0 Å². The third-order valence-corrected chi connectivity index (χ3v) is 3.89. The average Bonchev–Trinajstić information content (AvgIpc) is 2.92. The van der Waals surface area contributed by atoms with Gasteiger partial charge >= 0.3 is 5.97 Å². The lowest BCUT2D eigenvalue weighted by molar-refractivity contribution is -0.143. The van der Waals surface area contributed by atoms with Gasteiger partial charge in [0, 0.05) is 0 Å². The Morgan fingerprint density at radius 2 is 1.96 bits per heavy atom. The van der Waals surface area contributed by atoms with Crippen molar-refractivity contribution in [2.75, 3.05) is 17.0 Å². The fraction of sp³-hybridized carbons (Fsp3) is 0.278. The summed E-state index contributed by atoms with van der Waals surface area (Å²) in [6.45, 7) is 3.89. The summed E-state index contributed by atoms with van der Waals surface area (Å²) in [5, 5.41) is 14.1. The SMILES string of the molecule is CC(C)c1cccc2c1NC(c1ccccc1)N2OCC(=O)O. The molecular formula is C18H20N2O3. The third kappa shape index (κ3) is 3.00. The minimum absolute atomic E-state index is 0.245. The molecule has 0 fully saturated rings. The van der Waals surface area contributed by atoms with E-state index in [9.17, 15) is 4.79 Å². The monoisotopic (exact) mass is 312 g/mol. The van der Waals surface area contributed by atoms with E-state index in [4.69, 9.17) is 9.94 Å². The number of fused-ring (bicyclic) bond motifs is 1. The highest BCUT2D eigenvalue weighted by molar-refractivity contribution is 5.79. The maximum Gasteiger partial charge on any atom is 0.332 e. The Morgan fingerprint density at radius 3 is 2.61 bits per heavy atom. The van der Waals surface area contributed by atoms with Crippen molar-refractivity contribution in [2.24, 2.45) is 0 Å². The lowest BCUT2D eigenvalue weighted by atomic mass is 10.0. The molecule has 1 heterocycles. The molecule has 1 aliphatic rings. The highest BCUT2D eigenvalue weighted by atomic mass is 16.7. The summed E-state index contributed by atoms with van der Waals surface area (Å²) < 4.78 is 0. The number of rotatable bonds is 5. The predicted molar refractivity (Wildman–Crippen MR) is 89.4 cm³/mol. The number of carboxylic acid groups (broad SMARTS) is 1. The summed E-state index contributed by atoms with van der Waals surface area (Å²) in [4.78, 5) is 16.5. The van der Waals surface area contributed by atoms with E-state index in [0.29, 0.717) is 5.92 Å². The first-order valence-electron chi connectivity index (χ1n) is 7.66. The van der Waals surface area contributed by atoms with Gasteiger partial charge in [-0.2, -0.15) is 0 Å². The summed E-state index contributed by atoms with van der Waals surface area (Å²) in [5.74, 6) is -0.640. The molecule has 1 atom stereocenters. The molecule has 1 aliphatic heterocycles. The van der Waals surface area contributed by atoms with Crippen molar-refractivity contribution in [3.05, 3.63) is 59.7 Å². The Balaban J connectivity index is 2.01. The molecule has 2 N–H and O–H groups in total. The van der Waals surface area contributed by atoms with Gasteiger partial charge in [0.25, 0.3) is 0 Å². The highest BCUT2D eigenvalue weighted by Crippen LogP contribution is 2.45. The number of benzene rings is 2. The van der Waals surface area contributed by atoms with Crippen LogP contribution >= 0.6 is 0 Å². The predicted octanol–water partition coefficient (Wildman–Crippen LogP) is 3.76. The van der Waals surface area contributed by atoms with Crippen LogP contribution in [0.25, 0.3) is 0 Å².